The Morgan fingerprint density at radius 2 is 0.750 bits per heavy atom. The number of carbonyl (C=O) groups is 6. The van der Waals surface area contributed by atoms with Crippen LogP contribution >= 0.6 is 0 Å². The van der Waals surface area contributed by atoms with Crippen LogP contribution in [0.5, 0.6) is 0 Å². The summed E-state index contributed by atoms with van der Waals surface area (Å²) in [4.78, 5) is 98.5. The van der Waals surface area contributed by atoms with E-state index in [9.17, 15) is 28.8 Å². The first-order valence-electron chi connectivity index (χ1n) is 16.0. The second-order valence-corrected chi connectivity index (χ2v) is 12.2. The first-order chi connectivity index (χ1) is 23.3. The van der Waals surface area contributed by atoms with E-state index in [0.29, 0.717) is 58.2 Å². The largest absolute Gasteiger partial charge is 0.325 e. The van der Waals surface area contributed by atoms with Crippen molar-refractivity contribution in [3.8, 4) is 0 Å². The molecule has 15 heteroatoms. The molecule has 246 valence electrons. The third kappa shape index (κ3) is 5.94. The zero-order valence-corrected chi connectivity index (χ0v) is 25.9. The van der Waals surface area contributed by atoms with E-state index >= 15 is 0 Å². The SMILES string of the molecule is O=C1Nc2cccc(n2)C(=O)N2CCCC2C(=O)Nc2cccc(n2)C(=O)N2CCCC2C(=O)Nc2cccc(n2)C(=O)N2CCCC12. The molecule has 15 nitrogen and oxygen atoms in total. The van der Waals surface area contributed by atoms with Crippen molar-refractivity contribution in [2.75, 3.05) is 35.6 Å². The Kier molecular flexibility index (Phi) is 8.25. The molecule has 3 aromatic rings. The highest BCUT2D eigenvalue weighted by molar-refractivity contribution is 6.04. The van der Waals surface area contributed by atoms with Gasteiger partial charge in [0.05, 0.1) is 0 Å². The van der Waals surface area contributed by atoms with E-state index in [4.69, 9.17) is 0 Å². The highest BCUT2D eigenvalue weighted by Gasteiger charge is 2.39. The number of hydrogen-bond donors (Lipinski definition) is 3. The number of nitrogens with zero attached hydrogens (tertiary/aromatic N) is 6. The van der Waals surface area contributed by atoms with Gasteiger partial charge in [-0.3, -0.25) is 28.8 Å². The summed E-state index contributed by atoms with van der Waals surface area (Å²) in [6.07, 6.45) is 3.02. The predicted molar refractivity (Wildman–Crippen MR) is 171 cm³/mol. The zero-order chi connectivity index (χ0) is 33.4. The quantitative estimate of drug-likeness (QED) is 0.326. The molecular weight excluding hydrogens is 618 g/mol. The van der Waals surface area contributed by atoms with Crippen molar-refractivity contribution in [1.29, 1.82) is 0 Å². The maximum atomic E-state index is 13.6. The second kappa shape index (κ2) is 12.8. The minimum absolute atomic E-state index is 0.0512. The number of fused-ring (bicyclic) bond motifs is 9. The molecule has 4 aliphatic rings. The molecule has 3 unspecified atom stereocenters. The van der Waals surface area contributed by atoms with Gasteiger partial charge in [-0.15, -0.1) is 0 Å². The van der Waals surface area contributed by atoms with E-state index in [1.54, 1.807) is 36.4 Å². The molecule has 4 aliphatic heterocycles. The lowest BCUT2D eigenvalue weighted by Gasteiger charge is -2.25. The first-order valence-corrected chi connectivity index (χ1v) is 16.0. The lowest BCUT2D eigenvalue weighted by molar-refractivity contribution is -0.120. The molecule has 0 spiro atoms. The molecule has 3 aromatic heterocycles. The Morgan fingerprint density at radius 1 is 0.458 bits per heavy atom. The Labute approximate surface area is 275 Å². The fraction of sp³-hybridized carbons (Fsp3) is 0.364. The molecule has 6 bridgehead atoms. The summed E-state index contributed by atoms with van der Waals surface area (Å²) < 4.78 is 0. The van der Waals surface area contributed by atoms with E-state index in [0.717, 1.165) is 0 Å². The summed E-state index contributed by atoms with van der Waals surface area (Å²) >= 11 is 0. The monoisotopic (exact) mass is 651 g/mol. The average Bonchev–Trinajstić information content (AvgIpc) is 3.89. The third-order valence-electron chi connectivity index (χ3n) is 9.11. The van der Waals surface area contributed by atoms with Crippen molar-refractivity contribution in [2.45, 2.75) is 56.7 Å². The number of hydrogen-bond acceptors (Lipinski definition) is 9. The summed E-state index contributed by atoms with van der Waals surface area (Å²) in [6.45, 7) is 0.982. The predicted octanol–water partition coefficient (Wildman–Crippen LogP) is 1.91. The molecule has 7 heterocycles. The molecular formula is C33H33N9O6. The number of anilines is 3. The summed E-state index contributed by atoms with van der Waals surface area (Å²) in [7, 11) is 0. The molecule has 6 amide bonds. The standard InChI is InChI=1S/C33H33N9O6/c43-28-22-10-5-17-41(22)32(47)20-8-2-15-27(35-20)39-30(45)24-12-6-18-42(24)33(48)21-9-3-14-26(36-21)38-29(44)23-11-4-16-40(23)31(46)19-7-1-13-25(34-19)37-28/h1-3,7-9,13-15,22-24H,4-6,10-12,16-18H2,(H,34,37,43)(H,36,38,44)(H,35,39,45). The van der Waals surface area contributed by atoms with Crippen LogP contribution < -0.4 is 16.0 Å². The van der Waals surface area contributed by atoms with Gasteiger partial charge in [0.2, 0.25) is 17.7 Å². The van der Waals surface area contributed by atoms with Crippen molar-refractivity contribution >= 4 is 52.9 Å². The van der Waals surface area contributed by atoms with Crippen LogP contribution in [0.4, 0.5) is 17.5 Å². The Balaban J connectivity index is 1.23. The van der Waals surface area contributed by atoms with E-state index in [2.05, 4.69) is 30.9 Å². The van der Waals surface area contributed by atoms with Gasteiger partial charge in [-0.2, -0.15) is 0 Å². The second-order valence-electron chi connectivity index (χ2n) is 12.2. The van der Waals surface area contributed by atoms with Crippen molar-refractivity contribution in [2.24, 2.45) is 0 Å². The summed E-state index contributed by atoms with van der Waals surface area (Å²) in [5, 5.41) is 8.23. The molecule has 0 radical (unpaired) electrons. The number of rotatable bonds is 0. The fourth-order valence-electron chi connectivity index (χ4n) is 6.79. The number of nitrogens with one attached hydrogen (secondary N) is 3. The van der Waals surface area contributed by atoms with Crippen LogP contribution in [0.3, 0.4) is 0 Å². The van der Waals surface area contributed by atoms with Crippen LogP contribution in [-0.4, -0.2) is 103 Å². The van der Waals surface area contributed by atoms with Gasteiger partial charge in [0.25, 0.3) is 17.7 Å². The van der Waals surface area contributed by atoms with Crippen LogP contribution in [0, 0.1) is 0 Å². The molecule has 0 saturated carbocycles. The van der Waals surface area contributed by atoms with Gasteiger partial charge >= 0.3 is 0 Å². The molecule has 0 aromatic carbocycles. The van der Waals surface area contributed by atoms with Gasteiger partial charge in [0.15, 0.2) is 0 Å². The Morgan fingerprint density at radius 3 is 1.04 bits per heavy atom. The smallest absolute Gasteiger partial charge is 0.273 e. The van der Waals surface area contributed by atoms with Crippen LogP contribution in [0.15, 0.2) is 54.6 Å². The summed E-state index contributed by atoms with van der Waals surface area (Å²) in [5.41, 5.74) is 0.153. The normalized spacial score (nSPS) is 23.5. The molecule has 48 heavy (non-hydrogen) atoms. The highest BCUT2D eigenvalue weighted by atomic mass is 16.2. The summed E-state index contributed by atoms with van der Waals surface area (Å²) in [6, 6.07) is 11.5. The van der Waals surface area contributed by atoms with Crippen molar-refractivity contribution < 1.29 is 28.8 Å². The van der Waals surface area contributed by atoms with E-state index < -0.39 is 53.6 Å². The minimum atomic E-state index is -0.806. The van der Waals surface area contributed by atoms with Crippen molar-refractivity contribution in [1.82, 2.24) is 29.7 Å². The highest BCUT2D eigenvalue weighted by Crippen LogP contribution is 2.26. The maximum absolute atomic E-state index is 13.6. The van der Waals surface area contributed by atoms with Crippen LogP contribution in [0.1, 0.15) is 70.0 Å². The van der Waals surface area contributed by atoms with Gasteiger partial charge in [-0.25, -0.2) is 15.0 Å². The van der Waals surface area contributed by atoms with Gasteiger partial charge in [-0.05, 0) is 74.9 Å². The van der Waals surface area contributed by atoms with E-state index in [1.807, 2.05) is 0 Å². The molecule has 7 rings (SSSR count). The van der Waals surface area contributed by atoms with E-state index in [1.165, 1.54) is 32.9 Å². The zero-order valence-electron chi connectivity index (χ0n) is 25.9. The lowest BCUT2D eigenvalue weighted by atomic mass is 10.2. The fourth-order valence-corrected chi connectivity index (χ4v) is 6.79. The van der Waals surface area contributed by atoms with Gasteiger partial charge < -0.3 is 30.7 Å². The molecule has 3 saturated heterocycles. The van der Waals surface area contributed by atoms with Crippen molar-refractivity contribution in [3.63, 3.8) is 0 Å². The minimum Gasteiger partial charge on any atom is -0.325 e. The number of amides is 6. The van der Waals surface area contributed by atoms with Gasteiger partial charge in [-0.1, -0.05) is 18.2 Å². The first kappa shape index (κ1) is 30.9. The molecule has 0 aliphatic carbocycles. The van der Waals surface area contributed by atoms with Gasteiger partial charge in [0, 0.05) is 19.6 Å². The number of aromatic nitrogens is 3. The molecule has 3 fully saturated rings. The van der Waals surface area contributed by atoms with E-state index in [-0.39, 0.29) is 34.5 Å². The molecule has 3 atom stereocenters. The average molecular weight is 652 g/mol. The van der Waals surface area contributed by atoms with Crippen LogP contribution in [0.2, 0.25) is 0 Å². The van der Waals surface area contributed by atoms with Gasteiger partial charge in [0.1, 0.15) is 52.7 Å². The topological polar surface area (TPSA) is 187 Å². The Bertz CT molecular complexity index is 1620. The number of carbonyl (C=O) groups excluding carboxylic acids is 6. The Hall–Kier alpha value is -5.73. The van der Waals surface area contributed by atoms with Crippen molar-refractivity contribution in [3.05, 3.63) is 71.7 Å². The molecule has 3 N–H and O–H groups in total. The van der Waals surface area contributed by atoms with Crippen LogP contribution in [-0.2, 0) is 14.4 Å². The summed E-state index contributed by atoms with van der Waals surface area (Å²) in [5.74, 6) is -2.41. The lowest BCUT2D eigenvalue weighted by Crippen LogP contribution is -2.45. The third-order valence-corrected chi connectivity index (χ3v) is 9.11. The maximum Gasteiger partial charge on any atom is 0.273 e. The number of pyridine rings is 3. The van der Waals surface area contributed by atoms with Crippen LogP contribution in [0.25, 0.3) is 0 Å².